The molecule has 0 bridgehead atoms. The van der Waals surface area contributed by atoms with Gasteiger partial charge >= 0.3 is 0 Å². The summed E-state index contributed by atoms with van der Waals surface area (Å²) in [6.45, 7) is 5.57. The molecule has 0 aliphatic carbocycles. The van der Waals surface area contributed by atoms with Crippen molar-refractivity contribution in [2.75, 3.05) is 19.6 Å². The van der Waals surface area contributed by atoms with E-state index >= 15 is 0 Å². The van der Waals surface area contributed by atoms with Gasteiger partial charge in [0.2, 0.25) is 0 Å². The highest BCUT2D eigenvalue weighted by molar-refractivity contribution is 7.89. The average Bonchev–Trinajstić information content (AvgIpc) is 2.60. The number of halogens is 1. The van der Waals surface area contributed by atoms with Crippen LogP contribution in [0.3, 0.4) is 0 Å². The molecule has 8 heteroatoms. The van der Waals surface area contributed by atoms with Crippen molar-refractivity contribution in [2.45, 2.75) is 24.9 Å². The predicted molar refractivity (Wildman–Crippen MR) is 71.4 cm³/mol. The number of imidazole rings is 1. The number of hydrogen-bond acceptors (Lipinski definition) is 4. The molecule has 1 aromatic rings. The third-order valence-electron chi connectivity index (χ3n) is 3.10. The Morgan fingerprint density at radius 1 is 1.50 bits per heavy atom. The molecule has 1 atom stereocenters. The second-order valence-corrected chi connectivity index (χ2v) is 6.24. The van der Waals surface area contributed by atoms with Gasteiger partial charge in [0.1, 0.15) is 5.82 Å². The summed E-state index contributed by atoms with van der Waals surface area (Å²) in [5.74, 6) is 0.700. The molecule has 2 heterocycles. The van der Waals surface area contributed by atoms with Gasteiger partial charge in [-0.2, -0.15) is 4.31 Å². The smallest absolute Gasteiger partial charge is 0.262 e. The van der Waals surface area contributed by atoms with Gasteiger partial charge in [-0.3, -0.25) is 0 Å². The Bertz CT molecular complexity index is 494. The number of sulfonamides is 1. The lowest BCUT2D eigenvalue weighted by atomic mass is 10.3. The van der Waals surface area contributed by atoms with Crippen LogP contribution in [0.4, 0.5) is 0 Å². The second kappa shape index (κ2) is 5.56. The largest absolute Gasteiger partial charge is 0.337 e. The Morgan fingerprint density at radius 3 is 2.67 bits per heavy atom. The third-order valence-corrected chi connectivity index (χ3v) is 4.99. The molecule has 6 nitrogen and oxygen atoms in total. The van der Waals surface area contributed by atoms with Crippen molar-refractivity contribution < 1.29 is 8.42 Å². The van der Waals surface area contributed by atoms with Gasteiger partial charge in [-0.25, -0.2) is 13.4 Å². The first-order valence-electron chi connectivity index (χ1n) is 5.65. The van der Waals surface area contributed by atoms with Crippen molar-refractivity contribution in [3.05, 3.63) is 12.0 Å². The standard InChI is InChI=1S/C10H18N4O2S.ClH/c1-8-6-11-4-5-14(8)17(15,16)10-7-13(3)9(2)12-10;/h7-8,11H,4-6H2,1-3H3;1H/t8-;/m1./s1. The van der Waals surface area contributed by atoms with Crippen LogP contribution in [-0.2, 0) is 17.1 Å². The first-order chi connectivity index (χ1) is 7.93. The molecule has 2 rings (SSSR count). The number of piperazine rings is 1. The van der Waals surface area contributed by atoms with E-state index in [1.807, 2.05) is 6.92 Å². The van der Waals surface area contributed by atoms with Crippen LogP contribution in [0.15, 0.2) is 11.2 Å². The van der Waals surface area contributed by atoms with Gasteiger partial charge < -0.3 is 9.88 Å². The fraction of sp³-hybridized carbons (Fsp3) is 0.700. The second-order valence-electron chi connectivity index (χ2n) is 4.41. The van der Waals surface area contributed by atoms with E-state index in [1.165, 1.54) is 4.31 Å². The molecule has 0 saturated carbocycles. The third kappa shape index (κ3) is 2.69. The Morgan fingerprint density at radius 2 is 2.17 bits per heavy atom. The molecule has 0 radical (unpaired) electrons. The summed E-state index contributed by atoms with van der Waals surface area (Å²) in [5.41, 5.74) is 0. The van der Waals surface area contributed by atoms with Crippen LogP contribution in [-0.4, -0.2) is 48.0 Å². The number of nitrogens with zero attached hydrogens (tertiary/aromatic N) is 3. The Labute approximate surface area is 114 Å². The van der Waals surface area contributed by atoms with E-state index in [-0.39, 0.29) is 23.5 Å². The quantitative estimate of drug-likeness (QED) is 0.842. The van der Waals surface area contributed by atoms with Crippen molar-refractivity contribution >= 4 is 22.4 Å². The molecule has 0 spiro atoms. The summed E-state index contributed by atoms with van der Waals surface area (Å²) in [6.07, 6.45) is 1.57. The SMILES string of the molecule is Cc1nc(S(=O)(=O)N2CCNC[C@H]2C)cn1C.Cl. The summed E-state index contributed by atoms with van der Waals surface area (Å²) < 4.78 is 28.0. The van der Waals surface area contributed by atoms with Crippen molar-refractivity contribution in [1.82, 2.24) is 19.2 Å². The number of aryl methyl sites for hydroxylation is 2. The van der Waals surface area contributed by atoms with E-state index in [1.54, 1.807) is 24.7 Å². The minimum absolute atomic E-state index is 0. The van der Waals surface area contributed by atoms with Crippen LogP contribution in [0.25, 0.3) is 0 Å². The summed E-state index contributed by atoms with van der Waals surface area (Å²) in [7, 11) is -1.66. The monoisotopic (exact) mass is 294 g/mol. The molecule has 1 saturated heterocycles. The maximum absolute atomic E-state index is 12.4. The van der Waals surface area contributed by atoms with Gasteiger partial charge in [0.15, 0.2) is 5.03 Å². The van der Waals surface area contributed by atoms with Gasteiger partial charge in [0.25, 0.3) is 10.0 Å². The molecular weight excluding hydrogens is 276 g/mol. The molecule has 0 unspecified atom stereocenters. The summed E-state index contributed by atoms with van der Waals surface area (Å²) in [5, 5.41) is 3.32. The average molecular weight is 295 g/mol. The lowest BCUT2D eigenvalue weighted by Crippen LogP contribution is -2.52. The van der Waals surface area contributed by atoms with Gasteiger partial charge in [-0.15, -0.1) is 12.4 Å². The fourth-order valence-electron chi connectivity index (χ4n) is 1.95. The molecule has 0 aromatic carbocycles. The Hall–Kier alpha value is -0.630. The number of nitrogens with one attached hydrogen (secondary N) is 1. The lowest BCUT2D eigenvalue weighted by molar-refractivity contribution is 0.283. The minimum Gasteiger partial charge on any atom is -0.337 e. The van der Waals surface area contributed by atoms with Crippen molar-refractivity contribution in [2.24, 2.45) is 7.05 Å². The van der Waals surface area contributed by atoms with E-state index in [4.69, 9.17) is 0 Å². The number of hydrogen-bond donors (Lipinski definition) is 1. The summed E-state index contributed by atoms with van der Waals surface area (Å²) in [4.78, 5) is 4.10. The Kier molecular flexibility index (Phi) is 4.77. The summed E-state index contributed by atoms with van der Waals surface area (Å²) >= 11 is 0. The number of aromatic nitrogens is 2. The molecule has 1 aromatic heterocycles. The predicted octanol–water partition coefficient (Wildman–Crippen LogP) is 0.133. The molecule has 1 aliphatic rings. The van der Waals surface area contributed by atoms with E-state index in [0.29, 0.717) is 25.5 Å². The number of rotatable bonds is 2. The normalized spacial score (nSPS) is 21.6. The lowest BCUT2D eigenvalue weighted by Gasteiger charge is -2.32. The molecule has 18 heavy (non-hydrogen) atoms. The van der Waals surface area contributed by atoms with Crippen LogP contribution in [0.5, 0.6) is 0 Å². The maximum Gasteiger partial charge on any atom is 0.262 e. The maximum atomic E-state index is 12.4. The van der Waals surface area contributed by atoms with E-state index in [9.17, 15) is 8.42 Å². The molecule has 104 valence electrons. The fourth-order valence-corrected chi connectivity index (χ4v) is 3.61. The van der Waals surface area contributed by atoms with Crippen LogP contribution in [0.2, 0.25) is 0 Å². The topological polar surface area (TPSA) is 67.2 Å². The zero-order valence-corrected chi connectivity index (χ0v) is 12.4. The van der Waals surface area contributed by atoms with Crippen molar-refractivity contribution in [3.63, 3.8) is 0 Å². The first kappa shape index (κ1) is 15.4. The van der Waals surface area contributed by atoms with Crippen LogP contribution < -0.4 is 5.32 Å². The van der Waals surface area contributed by atoms with Gasteiger partial charge in [-0.05, 0) is 13.8 Å². The van der Waals surface area contributed by atoms with Crippen LogP contribution >= 0.6 is 12.4 Å². The van der Waals surface area contributed by atoms with Gasteiger partial charge in [0, 0.05) is 38.9 Å². The first-order valence-corrected chi connectivity index (χ1v) is 7.09. The van der Waals surface area contributed by atoms with E-state index in [2.05, 4.69) is 10.3 Å². The zero-order chi connectivity index (χ0) is 12.6. The van der Waals surface area contributed by atoms with E-state index in [0.717, 1.165) is 0 Å². The van der Waals surface area contributed by atoms with Crippen LogP contribution in [0, 0.1) is 6.92 Å². The molecule has 0 amide bonds. The highest BCUT2D eigenvalue weighted by Crippen LogP contribution is 2.18. The molecule has 1 N–H and O–H groups in total. The molecular formula is C10H19ClN4O2S. The van der Waals surface area contributed by atoms with Crippen LogP contribution in [0.1, 0.15) is 12.7 Å². The molecule has 1 fully saturated rings. The van der Waals surface area contributed by atoms with Crippen molar-refractivity contribution in [3.8, 4) is 0 Å². The van der Waals surface area contributed by atoms with Gasteiger partial charge in [0.05, 0.1) is 0 Å². The summed E-state index contributed by atoms with van der Waals surface area (Å²) in [6, 6.07) is -0.0314. The minimum atomic E-state index is -3.45. The van der Waals surface area contributed by atoms with Gasteiger partial charge in [-0.1, -0.05) is 0 Å². The zero-order valence-electron chi connectivity index (χ0n) is 10.8. The molecule has 1 aliphatic heterocycles. The highest BCUT2D eigenvalue weighted by Gasteiger charge is 2.32. The Balaban J connectivity index is 0.00000162. The van der Waals surface area contributed by atoms with Crippen molar-refractivity contribution in [1.29, 1.82) is 0 Å². The highest BCUT2D eigenvalue weighted by atomic mass is 35.5. The van der Waals surface area contributed by atoms with E-state index < -0.39 is 10.0 Å².